The molecule has 2 N–H and O–H groups in total. The maximum atomic E-state index is 12.7. The number of Topliss-reactive ketones (excluding diaryl/α,β-unsaturated/α-hetero) is 1. The molecular weight excluding hydrogens is 414 g/mol. The first-order valence-electron chi connectivity index (χ1n) is 12.2. The van der Waals surface area contributed by atoms with Crippen molar-refractivity contribution in [3.8, 4) is 0 Å². The van der Waals surface area contributed by atoms with Gasteiger partial charge in [0.05, 0.1) is 6.10 Å². The van der Waals surface area contributed by atoms with Gasteiger partial charge in [0.25, 0.3) is 0 Å². The molecule has 1 aliphatic carbocycles. The number of pyridine rings is 1. The highest BCUT2D eigenvalue weighted by Gasteiger charge is 2.23. The summed E-state index contributed by atoms with van der Waals surface area (Å²) in [5.41, 5.74) is 3.52. The van der Waals surface area contributed by atoms with Crippen LogP contribution in [0, 0.1) is 5.92 Å². The number of hydrogen-bond donors (Lipinski definition) is 2. The fourth-order valence-electron chi connectivity index (χ4n) is 5.10. The van der Waals surface area contributed by atoms with Crippen LogP contribution < -0.4 is 5.32 Å². The Kier molecular flexibility index (Phi) is 7.76. The third kappa shape index (κ3) is 6.41. The van der Waals surface area contributed by atoms with Crippen molar-refractivity contribution in [1.29, 1.82) is 0 Å². The second-order valence-corrected chi connectivity index (χ2v) is 9.59. The van der Waals surface area contributed by atoms with E-state index in [1.807, 2.05) is 11.0 Å². The van der Waals surface area contributed by atoms with E-state index >= 15 is 0 Å². The fourth-order valence-corrected chi connectivity index (χ4v) is 5.10. The number of anilines is 1. The molecule has 1 aromatic heterocycles. The fraction of sp³-hybridized carbons (Fsp3) is 0.519. The lowest BCUT2D eigenvalue weighted by Gasteiger charge is -2.32. The first-order chi connectivity index (χ1) is 16.0. The first-order valence-corrected chi connectivity index (χ1v) is 12.2. The highest BCUT2D eigenvalue weighted by molar-refractivity contribution is 5.96. The molecule has 6 nitrogen and oxygen atoms in total. The Morgan fingerprint density at radius 2 is 1.82 bits per heavy atom. The molecule has 1 atom stereocenters. The quantitative estimate of drug-likeness (QED) is 0.565. The summed E-state index contributed by atoms with van der Waals surface area (Å²) in [5.74, 6) is 1.46. The Balaban J connectivity index is 1.19. The zero-order valence-electron chi connectivity index (χ0n) is 19.5. The number of ketones is 1. The van der Waals surface area contributed by atoms with Crippen LogP contribution in [0.1, 0.15) is 66.9 Å². The van der Waals surface area contributed by atoms with Crippen molar-refractivity contribution < 1.29 is 14.7 Å². The summed E-state index contributed by atoms with van der Waals surface area (Å²) in [6.45, 7) is 3.10. The molecule has 0 bridgehead atoms. The van der Waals surface area contributed by atoms with Crippen LogP contribution in [0.15, 0.2) is 42.6 Å². The summed E-state index contributed by atoms with van der Waals surface area (Å²) in [5, 5.41) is 13.9. The summed E-state index contributed by atoms with van der Waals surface area (Å²) in [7, 11) is 0. The van der Waals surface area contributed by atoms with E-state index in [-0.39, 0.29) is 17.7 Å². The summed E-state index contributed by atoms with van der Waals surface area (Å²) < 4.78 is 0. The molecule has 0 unspecified atom stereocenters. The van der Waals surface area contributed by atoms with Gasteiger partial charge in [-0.2, -0.15) is 0 Å². The van der Waals surface area contributed by atoms with Gasteiger partial charge < -0.3 is 15.3 Å². The van der Waals surface area contributed by atoms with Gasteiger partial charge in [-0.1, -0.05) is 24.3 Å². The molecule has 1 amide bonds. The van der Waals surface area contributed by atoms with Gasteiger partial charge in [-0.25, -0.2) is 4.98 Å². The zero-order chi connectivity index (χ0) is 23.2. The predicted octanol–water partition coefficient (Wildman–Crippen LogP) is 4.02. The van der Waals surface area contributed by atoms with Crippen LogP contribution in [0.5, 0.6) is 0 Å². The normalized spacial score (nSPS) is 17.6. The van der Waals surface area contributed by atoms with E-state index in [4.69, 9.17) is 0 Å². The summed E-state index contributed by atoms with van der Waals surface area (Å²) in [6, 6.07) is 12.4. The van der Waals surface area contributed by atoms with Crippen molar-refractivity contribution in [2.24, 2.45) is 5.92 Å². The van der Waals surface area contributed by atoms with Crippen LogP contribution in [0.3, 0.4) is 0 Å². The smallest absolute Gasteiger partial charge is 0.219 e. The number of fused-ring (bicyclic) bond motifs is 1. The van der Waals surface area contributed by atoms with Crippen LogP contribution in [-0.4, -0.2) is 51.9 Å². The molecule has 2 aliphatic rings. The average Bonchev–Trinajstić information content (AvgIpc) is 3.25. The number of likely N-dealkylation sites (tertiary alicyclic amines) is 1. The van der Waals surface area contributed by atoms with Gasteiger partial charge in [0.1, 0.15) is 5.82 Å². The molecule has 33 heavy (non-hydrogen) atoms. The molecule has 176 valence electrons. The molecule has 0 saturated carbocycles. The number of nitrogens with zero attached hydrogens (tertiary/aromatic N) is 2. The van der Waals surface area contributed by atoms with E-state index in [0.29, 0.717) is 30.1 Å². The summed E-state index contributed by atoms with van der Waals surface area (Å²) >= 11 is 0. The van der Waals surface area contributed by atoms with Crippen molar-refractivity contribution in [3.63, 3.8) is 0 Å². The standard InChI is InChI=1S/C27H35N3O3/c1-19(31)30-14-11-24(12-15-30)29-27-18-23(10-13-28-27)26(33)9-8-25(32)7-6-20-16-21-4-2-3-5-22(21)17-20/h2-5,10,13,18,20,24-25,32H,6-9,11-12,14-17H2,1H3,(H,28,29)/t25-/m1/s1. The molecule has 2 aromatic rings. The Hall–Kier alpha value is -2.73. The Bertz CT molecular complexity index is 944. The number of aliphatic hydroxyl groups excluding tert-OH is 1. The topological polar surface area (TPSA) is 82.5 Å². The van der Waals surface area contributed by atoms with Gasteiger partial charge in [-0.15, -0.1) is 0 Å². The highest BCUT2D eigenvalue weighted by Crippen LogP contribution is 2.30. The molecule has 1 fully saturated rings. The molecule has 6 heteroatoms. The number of hydrogen-bond acceptors (Lipinski definition) is 5. The molecule has 0 spiro atoms. The molecule has 4 rings (SSSR count). The highest BCUT2D eigenvalue weighted by atomic mass is 16.3. The van der Waals surface area contributed by atoms with E-state index < -0.39 is 6.10 Å². The lowest BCUT2D eigenvalue weighted by atomic mass is 9.95. The van der Waals surface area contributed by atoms with E-state index in [9.17, 15) is 14.7 Å². The number of aliphatic hydroxyl groups is 1. The maximum absolute atomic E-state index is 12.7. The Labute approximate surface area is 196 Å². The second kappa shape index (κ2) is 10.9. The lowest BCUT2D eigenvalue weighted by molar-refractivity contribution is -0.129. The minimum atomic E-state index is -0.441. The van der Waals surface area contributed by atoms with Gasteiger partial charge in [-0.05, 0) is 74.1 Å². The molecule has 0 radical (unpaired) electrons. The van der Waals surface area contributed by atoms with Gasteiger partial charge in [0, 0.05) is 44.2 Å². The van der Waals surface area contributed by atoms with Gasteiger partial charge >= 0.3 is 0 Å². The van der Waals surface area contributed by atoms with E-state index in [2.05, 4.69) is 34.6 Å². The number of piperidine rings is 1. The van der Waals surface area contributed by atoms with E-state index in [0.717, 1.165) is 51.6 Å². The molecule has 1 aliphatic heterocycles. The SMILES string of the molecule is CC(=O)N1CCC(Nc2cc(C(=O)CC[C@H](O)CCC3Cc4ccccc4C3)ccn2)CC1. The molecule has 1 saturated heterocycles. The van der Waals surface area contributed by atoms with Crippen LogP contribution >= 0.6 is 0 Å². The van der Waals surface area contributed by atoms with Crippen molar-refractivity contribution in [1.82, 2.24) is 9.88 Å². The minimum absolute atomic E-state index is 0.0409. The summed E-state index contributed by atoms with van der Waals surface area (Å²) in [6.07, 6.45) is 7.74. The first kappa shape index (κ1) is 23.4. The third-order valence-electron chi connectivity index (χ3n) is 7.12. The number of aromatic nitrogens is 1. The van der Waals surface area contributed by atoms with Crippen molar-refractivity contribution in [2.45, 2.75) is 70.4 Å². The van der Waals surface area contributed by atoms with Crippen molar-refractivity contribution in [3.05, 3.63) is 59.3 Å². The summed E-state index contributed by atoms with van der Waals surface area (Å²) in [4.78, 5) is 30.4. The van der Waals surface area contributed by atoms with Gasteiger partial charge in [0.2, 0.25) is 5.91 Å². The van der Waals surface area contributed by atoms with Crippen LogP contribution in [0.2, 0.25) is 0 Å². The largest absolute Gasteiger partial charge is 0.393 e. The van der Waals surface area contributed by atoms with E-state index in [1.165, 1.54) is 11.1 Å². The van der Waals surface area contributed by atoms with Crippen LogP contribution in [0.4, 0.5) is 5.82 Å². The minimum Gasteiger partial charge on any atom is -0.393 e. The maximum Gasteiger partial charge on any atom is 0.219 e. The monoisotopic (exact) mass is 449 g/mol. The van der Waals surface area contributed by atoms with Gasteiger partial charge in [0.15, 0.2) is 5.78 Å². The van der Waals surface area contributed by atoms with Crippen LogP contribution in [0.25, 0.3) is 0 Å². The average molecular weight is 450 g/mol. The number of rotatable bonds is 9. The molecule has 1 aromatic carbocycles. The number of nitrogens with one attached hydrogen (secondary N) is 1. The number of carbonyl (C=O) groups excluding carboxylic acids is 2. The molecular formula is C27H35N3O3. The van der Waals surface area contributed by atoms with Crippen molar-refractivity contribution in [2.75, 3.05) is 18.4 Å². The number of carbonyl (C=O) groups is 2. The van der Waals surface area contributed by atoms with Gasteiger partial charge in [-0.3, -0.25) is 9.59 Å². The Morgan fingerprint density at radius 1 is 1.12 bits per heavy atom. The number of benzene rings is 1. The molecule has 2 heterocycles. The third-order valence-corrected chi connectivity index (χ3v) is 7.12. The van der Waals surface area contributed by atoms with Crippen LogP contribution in [-0.2, 0) is 17.6 Å². The number of amides is 1. The lowest BCUT2D eigenvalue weighted by Crippen LogP contribution is -2.41. The van der Waals surface area contributed by atoms with Crippen molar-refractivity contribution >= 4 is 17.5 Å². The Morgan fingerprint density at radius 3 is 2.48 bits per heavy atom. The predicted molar refractivity (Wildman–Crippen MR) is 129 cm³/mol. The zero-order valence-corrected chi connectivity index (χ0v) is 19.5. The second-order valence-electron chi connectivity index (χ2n) is 9.59. The van der Waals surface area contributed by atoms with E-state index in [1.54, 1.807) is 19.2 Å².